The minimum Gasteiger partial charge on any atom is -0.498 e. The third kappa shape index (κ3) is 11.9. The smallest absolute Gasteiger partial charge is 0.122 e. The summed E-state index contributed by atoms with van der Waals surface area (Å²) in [6, 6.07) is 40.2. The number of likely N-dealkylation sites (N-methyl/N-ethyl adjacent to an activating group) is 1. The van der Waals surface area contributed by atoms with Gasteiger partial charge in [0.25, 0.3) is 0 Å². The molecule has 1 unspecified atom stereocenters. The second-order valence-electron chi connectivity index (χ2n) is 15.6. The lowest BCUT2D eigenvalue weighted by atomic mass is 9.85. The maximum absolute atomic E-state index is 6.34. The summed E-state index contributed by atoms with van der Waals surface area (Å²) < 4.78 is 18.5. The van der Waals surface area contributed by atoms with E-state index in [1.54, 1.807) is 0 Å². The van der Waals surface area contributed by atoms with E-state index in [0.717, 1.165) is 76.1 Å². The molecule has 0 aliphatic heterocycles. The maximum Gasteiger partial charge on any atom is 0.122 e. The van der Waals surface area contributed by atoms with Crippen LogP contribution in [0.3, 0.4) is 0 Å². The van der Waals surface area contributed by atoms with Crippen LogP contribution in [0.25, 0.3) is 0 Å². The molecule has 0 amide bonds. The highest BCUT2D eigenvalue weighted by molar-refractivity contribution is 7.95. The van der Waals surface area contributed by atoms with Gasteiger partial charge in [-0.25, -0.2) is 0 Å². The van der Waals surface area contributed by atoms with E-state index in [2.05, 4.69) is 156 Å². The number of hydrogen-bond donors (Lipinski definition) is 1. The number of rotatable bonds is 21. The van der Waals surface area contributed by atoms with E-state index in [-0.39, 0.29) is 5.41 Å². The van der Waals surface area contributed by atoms with Crippen LogP contribution in [0, 0.1) is 0 Å². The summed E-state index contributed by atoms with van der Waals surface area (Å²) in [5, 5.41) is 4.35. The molecule has 1 aliphatic carbocycles. The summed E-state index contributed by atoms with van der Waals surface area (Å²) in [5.41, 5.74) is 4.31. The van der Waals surface area contributed by atoms with Gasteiger partial charge in [0.2, 0.25) is 0 Å². The fourth-order valence-electron chi connectivity index (χ4n) is 7.25. The Bertz CT molecular complexity index is 1620. The normalized spacial score (nSPS) is 14.0. The Morgan fingerprint density at radius 1 is 0.660 bits per heavy atom. The monoisotopic (exact) mass is 733 g/mol. The van der Waals surface area contributed by atoms with E-state index < -0.39 is 7.26 Å². The van der Waals surface area contributed by atoms with E-state index in [1.165, 1.54) is 50.4 Å². The molecule has 0 fully saturated rings. The molecule has 0 spiro atoms. The van der Waals surface area contributed by atoms with Crippen LogP contribution < -0.4 is 25.6 Å². The van der Waals surface area contributed by atoms with Gasteiger partial charge >= 0.3 is 0 Å². The minimum atomic E-state index is -1.78. The highest BCUT2D eigenvalue weighted by Gasteiger charge is 2.44. The number of benzene rings is 4. The molecule has 4 nitrogen and oxygen atoms in total. The Morgan fingerprint density at radius 2 is 1.30 bits per heavy atom. The number of allylic oxidation sites excluding steroid dienone is 3. The molecule has 1 N–H and O–H groups in total. The van der Waals surface area contributed by atoms with Crippen LogP contribution >= 0.6 is 7.26 Å². The zero-order valence-corrected chi connectivity index (χ0v) is 34.0. The molecule has 0 heterocycles. The van der Waals surface area contributed by atoms with Gasteiger partial charge in [-0.1, -0.05) is 107 Å². The highest BCUT2D eigenvalue weighted by Crippen LogP contribution is 2.55. The summed E-state index contributed by atoms with van der Waals surface area (Å²) in [6.07, 6.45) is 13.3. The SMILES string of the molecule is CCCCc1cc(C(C)(C)C)ccc1OCCOCC[NH+](C)CC1=CC=C(OCCCC[P+](c2ccccc2)(c2ccccc2)c2ccccc2)CC1. The molecule has 1 aliphatic rings. The second-order valence-corrected chi connectivity index (χ2v) is 19.2. The summed E-state index contributed by atoms with van der Waals surface area (Å²) in [6.45, 7) is 13.8. The molecule has 0 radical (unpaired) electrons. The van der Waals surface area contributed by atoms with E-state index in [0.29, 0.717) is 13.2 Å². The summed E-state index contributed by atoms with van der Waals surface area (Å²) in [4.78, 5) is 1.47. The molecule has 5 rings (SSSR count). The quantitative estimate of drug-likeness (QED) is 0.0688. The van der Waals surface area contributed by atoms with Gasteiger partial charge in [-0.05, 0) is 103 Å². The Labute approximate surface area is 321 Å². The first kappa shape index (κ1) is 40.5. The van der Waals surface area contributed by atoms with Crippen LogP contribution in [0.2, 0.25) is 0 Å². The zero-order valence-electron chi connectivity index (χ0n) is 33.1. The Kier molecular flexibility index (Phi) is 15.8. The van der Waals surface area contributed by atoms with Crippen LogP contribution in [0.15, 0.2) is 133 Å². The second kappa shape index (κ2) is 20.7. The minimum absolute atomic E-state index is 0.141. The number of hydrogen-bond acceptors (Lipinski definition) is 3. The fraction of sp³-hybridized carbons (Fsp3) is 0.417. The average molecular weight is 734 g/mol. The average Bonchev–Trinajstić information content (AvgIpc) is 3.18. The lowest BCUT2D eigenvalue weighted by Crippen LogP contribution is -3.09. The van der Waals surface area contributed by atoms with Gasteiger partial charge in [0.15, 0.2) is 0 Å². The number of quaternary nitrogens is 1. The molecule has 0 aromatic heterocycles. The van der Waals surface area contributed by atoms with Crippen LogP contribution in [-0.4, -0.2) is 52.7 Å². The Morgan fingerprint density at radius 3 is 1.87 bits per heavy atom. The van der Waals surface area contributed by atoms with Gasteiger partial charge in [0.1, 0.15) is 42.1 Å². The van der Waals surface area contributed by atoms with Crippen molar-refractivity contribution in [1.82, 2.24) is 0 Å². The van der Waals surface area contributed by atoms with Crippen molar-refractivity contribution >= 4 is 23.2 Å². The maximum atomic E-state index is 6.34. The van der Waals surface area contributed by atoms with Crippen LogP contribution in [-0.2, 0) is 21.3 Å². The molecule has 0 saturated heterocycles. The molecule has 282 valence electrons. The van der Waals surface area contributed by atoms with Crippen molar-refractivity contribution in [3.05, 3.63) is 144 Å². The topological polar surface area (TPSA) is 32.1 Å². The van der Waals surface area contributed by atoms with Crippen molar-refractivity contribution < 1.29 is 19.1 Å². The lowest BCUT2D eigenvalue weighted by Gasteiger charge is -2.27. The molecule has 53 heavy (non-hydrogen) atoms. The van der Waals surface area contributed by atoms with Gasteiger partial charge < -0.3 is 19.1 Å². The predicted octanol–water partition coefficient (Wildman–Crippen LogP) is 8.63. The van der Waals surface area contributed by atoms with Crippen LogP contribution in [0.5, 0.6) is 5.75 Å². The molecular formula is C48H64NO3P+2. The first-order valence-corrected chi connectivity index (χ1v) is 22.0. The molecule has 5 heteroatoms. The van der Waals surface area contributed by atoms with Crippen LogP contribution in [0.4, 0.5) is 0 Å². The Balaban J connectivity index is 1.03. The van der Waals surface area contributed by atoms with E-state index in [1.807, 2.05) is 0 Å². The van der Waals surface area contributed by atoms with Crippen LogP contribution in [0.1, 0.15) is 77.3 Å². The van der Waals surface area contributed by atoms with Crippen molar-refractivity contribution in [1.29, 1.82) is 0 Å². The summed E-state index contributed by atoms with van der Waals surface area (Å²) in [7, 11) is 0.476. The number of nitrogens with one attached hydrogen (secondary N) is 1. The zero-order chi connectivity index (χ0) is 37.4. The lowest BCUT2D eigenvalue weighted by molar-refractivity contribution is -0.875. The van der Waals surface area contributed by atoms with Gasteiger partial charge in [-0.15, -0.1) is 0 Å². The summed E-state index contributed by atoms with van der Waals surface area (Å²) in [5.74, 6) is 2.13. The highest BCUT2D eigenvalue weighted by atomic mass is 31.2. The molecular weight excluding hydrogens is 670 g/mol. The number of ether oxygens (including phenoxy) is 3. The van der Waals surface area contributed by atoms with Crippen molar-refractivity contribution in [2.24, 2.45) is 0 Å². The molecule has 0 bridgehead atoms. The third-order valence-corrected chi connectivity index (χ3v) is 14.9. The number of aryl methyl sites for hydroxylation is 1. The molecule has 1 atom stereocenters. The van der Waals surface area contributed by atoms with Crippen molar-refractivity contribution in [2.45, 2.75) is 78.1 Å². The molecule has 4 aromatic carbocycles. The molecule has 4 aromatic rings. The van der Waals surface area contributed by atoms with Gasteiger partial charge in [-0.2, -0.15) is 0 Å². The van der Waals surface area contributed by atoms with Gasteiger partial charge in [0.05, 0.1) is 45.3 Å². The standard InChI is InChI=1S/C48H63NO3P/c1-6-7-19-41-38-42(48(2,3)4)28-31-47(41)52-36-35-50-34-32-49(5)39-40-26-29-43(30-27-40)51-33-17-18-37-53(44-20-11-8-12-21-44,45-22-13-9-14-23-45)46-24-15-10-16-25-46/h8-16,20-26,28-29,31,38H,6-7,17-19,27,30,32-37,39H2,1-5H3/q+1/p+1. The van der Waals surface area contributed by atoms with E-state index in [9.17, 15) is 0 Å². The van der Waals surface area contributed by atoms with E-state index in [4.69, 9.17) is 14.2 Å². The van der Waals surface area contributed by atoms with Crippen molar-refractivity contribution in [3.8, 4) is 5.75 Å². The van der Waals surface area contributed by atoms with Crippen molar-refractivity contribution in [3.63, 3.8) is 0 Å². The van der Waals surface area contributed by atoms with Gasteiger partial charge in [0, 0.05) is 6.42 Å². The molecule has 0 saturated carbocycles. The predicted molar refractivity (Wildman–Crippen MR) is 227 cm³/mol. The van der Waals surface area contributed by atoms with Gasteiger partial charge in [-0.3, -0.25) is 0 Å². The fourth-order valence-corrected chi connectivity index (χ4v) is 11.7. The first-order chi connectivity index (χ1) is 25.8. The largest absolute Gasteiger partial charge is 0.498 e. The summed E-state index contributed by atoms with van der Waals surface area (Å²) >= 11 is 0. The number of unbranched alkanes of at least 4 members (excludes halogenated alkanes) is 2. The Hall–Kier alpha value is -3.69. The van der Waals surface area contributed by atoms with E-state index >= 15 is 0 Å². The third-order valence-electron chi connectivity index (χ3n) is 10.4. The van der Waals surface area contributed by atoms with Crippen molar-refractivity contribution in [2.75, 3.05) is 52.7 Å². The first-order valence-electron chi connectivity index (χ1n) is 20.0.